The molecule has 2 N–H and O–H groups in total. The number of hydrogen-bond donors (Lipinski definition) is 1. The minimum Gasteiger partial charge on any atom is -0.383 e. The number of nitrogen functional groups attached to an aromatic ring is 1. The lowest BCUT2D eigenvalue weighted by Crippen LogP contribution is -2.00. The molecule has 0 spiro atoms. The quantitative estimate of drug-likeness (QED) is 0.768. The predicted molar refractivity (Wildman–Crippen MR) is 76.9 cm³/mol. The summed E-state index contributed by atoms with van der Waals surface area (Å²) in [7, 11) is 0. The lowest BCUT2D eigenvalue weighted by atomic mass is 10.1. The van der Waals surface area contributed by atoms with Crippen LogP contribution in [0.3, 0.4) is 0 Å². The van der Waals surface area contributed by atoms with Crippen LogP contribution in [-0.4, -0.2) is 14.5 Å². The molecule has 2 heterocycles. The van der Waals surface area contributed by atoms with Gasteiger partial charge >= 0.3 is 0 Å². The Bertz CT molecular complexity index is 809. The molecule has 0 amide bonds. The van der Waals surface area contributed by atoms with Gasteiger partial charge in [-0.15, -0.1) is 0 Å². The maximum atomic E-state index is 9.20. The van der Waals surface area contributed by atoms with Crippen LogP contribution in [0.25, 0.3) is 11.0 Å². The highest BCUT2D eigenvalue weighted by molar-refractivity contribution is 5.91. The smallest absolute Gasteiger partial charge is 0.147 e. The van der Waals surface area contributed by atoms with E-state index < -0.39 is 0 Å². The maximum absolute atomic E-state index is 9.20. The first kappa shape index (κ1) is 12.2. The zero-order chi connectivity index (χ0) is 14.1. The first-order chi connectivity index (χ1) is 9.69. The summed E-state index contributed by atoms with van der Waals surface area (Å²) in [6.45, 7) is 2.70. The number of anilines is 1. The third-order valence-corrected chi connectivity index (χ3v) is 3.28. The van der Waals surface area contributed by atoms with E-state index in [9.17, 15) is 5.26 Å². The van der Waals surface area contributed by atoms with Gasteiger partial charge in [-0.2, -0.15) is 5.26 Å². The fourth-order valence-electron chi connectivity index (χ4n) is 2.24. The largest absolute Gasteiger partial charge is 0.383 e. The molecule has 3 aromatic rings. The topological polar surface area (TPSA) is 80.5 Å². The first-order valence-corrected chi connectivity index (χ1v) is 6.24. The van der Waals surface area contributed by atoms with Crippen molar-refractivity contribution in [2.45, 2.75) is 13.5 Å². The zero-order valence-corrected chi connectivity index (χ0v) is 11.0. The molecule has 0 bridgehead atoms. The summed E-state index contributed by atoms with van der Waals surface area (Å²) >= 11 is 0. The summed E-state index contributed by atoms with van der Waals surface area (Å²) in [4.78, 5) is 8.20. The molecule has 2 aromatic heterocycles. The maximum Gasteiger partial charge on any atom is 0.147 e. The molecule has 20 heavy (non-hydrogen) atoms. The van der Waals surface area contributed by atoms with E-state index >= 15 is 0 Å². The van der Waals surface area contributed by atoms with Crippen LogP contribution in [0.2, 0.25) is 0 Å². The molecule has 98 valence electrons. The number of aryl methyl sites for hydroxylation is 1. The van der Waals surface area contributed by atoms with E-state index in [1.807, 2.05) is 4.57 Å². The summed E-state index contributed by atoms with van der Waals surface area (Å²) in [6.07, 6.45) is 3.19. The van der Waals surface area contributed by atoms with Crippen molar-refractivity contribution in [2.24, 2.45) is 0 Å². The third-order valence-electron chi connectivity index (χ3n) is 3.28. The number of nitriles is 1. The normalized spacial score (nSPS) is 10.6. The Hall–Kier alpha value is -2.87. The molecule has 1 aromatic carbocycles. The van der Waals surface area contributed by atoms with Crippen molar-refractivity contribution in [2.75, 3.05) is 5.73 Å². The van der Waals surface area contributed by atoms with Gasteiger partial charge in [-0.1, -0.05) is 29.8 Å². The van der Waals surface area contributed by atoms with Gasteiger partial charge in [0.1, 0.15) is 23.9 Å². The lowest BCUT2D eigenvalue weighted by Gasteiger charge is -2.05. The van der Waals surface area contributed by atoms with E-state index in [0.717, 1.165) is 5.56 Å². The summed E-state index contributed by atoms with van der Waals surface area (Å²) in [6, 6.07) is 10.4. The van der Waals surface area contributed by atoms with Gasteiger partial charge in [0.25, 0.3) is 0 Å². The van der Waals surface area contributed by atoms with Crippen molar-refractivity contribution >= 4 is 16.9 Å². The Morgan fingerprint density at radius 3 is 2.70 bits per heavy atom. The number of rotatable bonds is 2. The third kappa shape index (κ3) is 1.97. The number of nitrogens with zero attached hydrogens (tertiary/aromatic N) is 4. The molecule has 0 aliphatic rings. The summed E-state index contributed by atoms with van der Waals surface area (Å²) in [5.74, 6) is 0.342. The minimum atomic E-state index is 0.342. The zero-order valence-electron chi connectivity index (χ0n) is 11.0. The van der Waals surface area contributed by atoms with E-state index in [4.69, 9.17) is 5.73 Å². The Kier molecular flexibility index (Phi) is 2.84. The molecule has 0 radical (unpaired) electrons. The van der Waals surface area contributed by atoms with Crippen LogP contribution in [0.5, 0.6) is 0 Å². The van der Waals surface area contributed by atoms with Crippen molar-refractivity contribution in [3.63, 3.8) is 0 Å². The van der Waals surface area contributed by atoms with Gasteiger partial charge in [0.05, 0.1) is 10.9 Å². The van der Waals surface area contributed by atoms with E-state index in [1.54, 1.807) is 6.20 Å². The second-order valence-electron chi connectivity index (χ2n) is 4.73. The number of aromatic nitrogens is 3. The number of benzene rings is 1. The van der Waals surface area contributed by atoms with E-state index in [-0.39, 0.29) is 0 Å². The molecular formula is C15H13N5. The van der Waals surface area contributed by atoms with Gasteiger partial charge in [-0.3, -0.25) is 0 Å². The van der Waals surface area contributed by atoms with Crippen molar-refractivity contribution in [1.82, 2.24) is 14.5 Å². The molecule has 5 nitrogen and oxygen atoms in total. The first-order valence-electron chi connectivity index (χ1n) is 6.24. The fourth-order valence-corrected chi connectivity index (χ4v) is 2.24. The highest BCUT2D eigenvalue weighted by atomic mass is 15.1. The van der Waals surface area contributed by atoms with Crippen LogP contribution >= 0.6 is 0 Å². The fraction of sp³-hybridized carbons (Fsp3) is 0.133. The lowest BCUT2D eigenvalue weighted by molar-refractivity contribution is 0.822. The van der Waals surface area contributed by atoms with Crippen molar-refractivity contribution < 1.29 is 0 Å². The minimum absolute atomic E-state index is 0.342. The molecule has 0 unspecified atom stereocenters. The molecule has 0 aliphatic heterocycles. The van der Waals surface area contributed by atoms with Crippen LogP contribution in [0.1, 0.15) is 16.7 Å². The molecule has 5 heteroatoms. The van der Waals surface area contributed by atoms with Crippen LogP contribution < -0.4 is 5.73 Å². The second-order valence-corrected chi connectivity index (χ2v) is 4.73. The Morgan fingerprint density at radius 1 is 1.25 bits per heavy atom. The molecule has 0 aliphatic carbocycles. The van der Waals surface area contributed by atoms with Crippen LogP contribution in [0, 0.1) is 18.3 Å². The standard InChI is InChI=1S/C15H13N5/c1-10-2-4-11(5-3-10)7-20-8-12(6-16)13-14(17)18-9-19-15(13)20/h2-5,8-9H,7H2,1H3,(H2,17,18,19). The molecule has 0 saturated heterocycles. The van der Waals surface area contributed by atoms with Gasteiger partial charge < -0.3 is 10.3 Å². The summed E-state index contributed by atoms with van der Waals surface area (Å²) in [5, 5.41) is 9.83. The molecule has 3 rings (SSSR count). The van der Waals surface area contributed by atoms with Crippen LogP contribution in [0.15, 0.2) is 36.8 Å². The number of hydrogen-bond acceptors (Lipinski definition) is 4. The van der Waals surface area contributed by atoms with E-state index in [2.05, 4.69) is 47.2 Å². The van der Waals surface area contributed by atoms with Gasteiger partial charge in [0, 0.05) is 12.7 Å². The SMILES string of the molecule is Cc1ccc(Cn2cc(C#N)c3c(N)ncnc32)cc1. The molecule has 0 atom stereocenters. The highest BCUT2D eigenvalue weighted by Crippen LogP contribution is 2.23. The molecule has 0 fully saturated rings. The van der Waals surface area contributed by atoms with E-state index in [1.165, 1.54) is 11.9 Å². The summed E-state index contributed by atoms with van der Waals surface area (Å²) < 4.78 is 1.93. The average Bonchev–Trinajstić information content (AvgIpc) is 2.81. The average molecular weight is 263 g/mol. The van der Waals surface area contributed by atoms with Crippen molar-refractivity contribution in [1.29, 1.82) is 5.26 Å². The van der Waals surface area contributed by atoms with Crippen LogP contribution in [-0.2, 0) is 6.54 Å². The number of nitrogens with two attached hydrogens (primary N) is 1. The number of fused-ring (bicyclic) bond motifs is 1. The van der Waals surface area contributed by atoms with Crippen LogP contribution in [0.4, 0.5) is 5.82 Å². The molecular weight excluding hydrogens is 250 g/mol. The van der Waals surface area contributed by atoms with Crippen molar-refractivity contribution in [3.8, 4) is 6.07 Å². The van der Waals surface area contributed by atoms with Crippen molar-refractivity contribution in [3.05, 3.63) is 53.5 Å². The highest BCUT2D eigenvalue weighted by Gasteiger charge is 2.13. The second kappa shape index (κ2) is 4.67. The van der Waals surface area contributed by atoms with Gasteiger partial charge in [-0.25, -0.2) is 9.97 Å². The molecule has 0 saturated carbocycles. The Balaban J connectivity index is 2.11. The summed E-state index contributed by atoms with van der Waals surface area (Å²) in [5.41, 5.74) is 9.40. The predicted octanol–water partition coefficient (Wildman–Crippen LogP) is 2.24. The Labute approximate surface area is 116 Å². The van der Waals surface area contributed by atoms with Gasteiger partial charge in [0.2, 0.25) is 0 Å². The van der Waals surface area contributed by atoms with Gasteiger partial charge in [-0.05, 0) is 12.5 Å². The Morgan fingerprint density at radius 2 is 2.00 bits per heavy atom. The monoisotopic (exact) mass is 263 g/mol. The van der Waals surface area contributed by atoms with Gasteiger partial charge in [0.15, 0.2) is 0 Å². The van der Waals surface area contributed by atoms with E-state index in [0.29, 0.717) is 29.0 Å².